The molecule has 0 aliphatic rings. The molecule has 0 spiro atoms. The van der Waals surface area contributed by atoms with Gasteiger partial charge < -0.3 is 10.5 Å². The molecular weight excluding hydrogens is 252 g/mol. The van der Waals surface area contributed by atoms with E-state index in [1.807, 2.05) is 31.2 Å². The number of nitrogens with two attached hydrogens (primary N) is 1. The van der Waals surface area contributed by atoms with Gasteiger partial charge in [-0.15, -0.1) is 0 Å². The van der Waals surface area contributed by atoms with Crippen LogP contribution in [0.2, 0.25) is 0 Å². The Morgan fingerprint density at radius 1 is 1.40 bits per heavy atom. The Kier molecular flexibility index (Phi) is 4.69. The van der Waals surface area contributed by atoms with Crippen LogP contribution in [0.1, 0.15) is 31.2 Å². The lowest BCUT2D eigenvalue weighted by molar-refractivity contribution is -0.141. The van der Waals surface area contributed by atoms with Gasteiger partial charge in [-0.1, -0.05) is 19.1 Å². The molecule has 4 nitrogen and oxygen atoms in total. The van der Waals surface area contributed by atoms with Crippen LogP contribution in [-0.2, 0) is 9.53 Å². The molecule has 2 atom stereocenters. The van der Waals surface area contributed by atoms with Gasteiger partial charge in [-0.3, -0.25) is 9.78 Å². The maximum atomic E-state index is 11.6. The van der Waals surface area contributed by atoms with Crippen molar-refractivity contribution in [3.63, 3.8) is 0 Å². The number of rotatable bonds is 5. The second-order valence-corrected chi connectivity index (χ2v) is 4.91. The maximum absolute atomic E-state index is 11.6. The number of methoxy groups -OCH3 is 1. The molecule has 2 rings (SSSR count). The molecule has 0 amide bonds. The molecule has 106 valence electrons. The lowest BCUT2D eigenvalue weighted by Crippen LogP contribution is -2.29. The molecule has 20 heavy (non-hydrogen) atoms. The van der Waals surface area contributed by atoms with E-state index in [4.69, 9.17) is 10.5 Å². The van der Waals surface area contributed by atoms with E-state index < -0.39 is 0 Å². The summed E-state index contributed by atoms with van der Waals surface area (Å²) in [4.78, 5) is 15.9. The smallest absolute Gasteiger partial charge is 0.306 e. The zero-order chi connectivity index (χ0) is 14.5. The molecule has 0 bridgehead atoms. The monoisotopic (exact) mass is 272 g/mol. The number of carbonyl (C=O) groups is 1. The average Bonchev–Trinajstić information content (AvgIpc) is 2.51. The second kappa shape index (κ2) is 6.48. The number of ether oxygens (including phenoxy) is 1. The van der Waals surface area contributed by atoms with Gasteiger partial charge in [-0.2, -0.15) is 0 Å². The first-order valence-electron chi connectivity index (χ1n) is 6.82. The first kappa shape index (κ1) is 14.5. The van der Waals surface area contributed by atoms with Crippen LogP contribution in [0.25, 0.3) is 10.9 Å². The highest BCUT2D eigenvalue weighted by Crippen LogP contribution is 2.27. The Morgan fingerprint density at radius 3 is 2.90 bits per heavy atom. The third-order valence-electron chi connectivity index (χ3n) is 3.66. The second-order valence-electron chi connectivity index (χ2n) is 4.91. The van der Waals surface area contributed by atoms with Gasteiger partial charge in [0, 0.05) is 23.5 Å². The minimum absolute atomic E-state index is 0.0305. The molecule has 0 fully saturated rings. The van der Waals surface area contributed by atoms with E-state index in [2.05, 4.69) is 11.1 Å². The largest absolute Gasteiger partial charge is 0.469 e. The van der Waals surface area contributed by atoms with Gasteiger partial charge in [0.25, 0.3) is 0 Å². The van der Waals surface area contributed by atoms with Crippen LogP contribution in [0.3, 0.4) is 0 Å². The first-order chi connectivity index (χ1) is 9.65. The topological polar surface area (TPSA) is 65.2 Å². The summed E-state index contributed by atoms with van der Waals surface area (Å²) in [6, 6.07) is 9.88. The van der Waals surface area contributed by atoms with Crippen molar-refractivity contribution in [2.45, 2.75) is 31.7 Å². The third kappa shape index (κ3) is 3.14. The zero-order valence-corrected chi connectivity index (χ0v) is 11.9. The van der Waals surface area contributed by atoms with Gasteiger partial charge in [0.2, 0.25) is 0 Å². The van der Waals surface area contributed by atoms with Crippen molar-refractivity contribution >= 4 is 16.9 Å². The Labute approximate surface area is 119 Å². The van der Waals surface area contributed by atoms with Crippen molar-refractivity contribution < 1.29 is 9.53 Å². The average molecular weight is 272 g/mol. The fraction of sp³-hybridized carbons (Fsp3) is 0.375. The fourth-order valence-corrected chi connectivity index (χ4v) is 2.39. The Bertz CT molecular complexity index is 598. The van der Waals surface area contributed by atoms with E-state index in [1.165, 1.54) is 7.11 Å². The highest BCUT2D eigenvalue weighted by atomic mass is 16.5. The number of carbonyl (C=O) groups excluding carboxylic acids is 1. The number of pyridine rings is 1. The van der Waals surface area contributed by atoms with Crippen LogP contribution in [0, 0.1) is 0 Å². The van der Waals surface area contributed by atoms with Gasteiger partial charge in [-0.25, -0.2) is 0 Å². The number of aromatic nitrogens is 1. The van der Waals surface area contributed by atoms with Crippen LogP contribution in [0.15, 0.2) is 36.5 Å². The minimum Gasteiger partial charge on any atom is -0.469 e. The summed E-state index contributed by atoms with van der Waals surface area (Å²) in [5.41, 5.74) is 8.18. The van der Waals surface area contributed by atoms with Crippen molar-refractivity contribution in [1.29, 1.82) is 0 Å². The van der Waals surface area contributed by atoms with Crippen molar-refractivity contribution in [3.8, 4) is 0 Å². The molecule has 2 N–H and O–H groups in total. The lowest BCUT2D eigenvalue weighted by Gasteiger charge is -2.22. The van der Waals surface area contributed by atoms with Gasteiger partial charge in [0.1, 0.15) is 0 Å². The van der Waals surface area contributed by atoms with E-state index in [1.54, 1.807) is 6.20 Å². The highest BCUT2D eigenvalue weighted by Gasteiger charge is 2.22. The molecule has 0 aliphatic heterocycles. The van der Waals surface area contributed by atoms with Gasteiger partial charge in [0.05, 0.1) is 19.0 Å². The van der Waals surface area contributed by atoms with E-state index in [9.17, 15) is 4.79 Å². The van der Waals surface area contributed by atoms with Crippen LogP contribution in [0.5, 0.6) is 0 Å². The molecule has 0 saturated carbocycles. The summed E-state index contributed by atoms with van der Waals surface area (Å²) in [7, 11) is 1.40. The van der Waals surface area contributed by atoms with E-state index in [-0.39, 0.29) is 17.9 Å². The Morgan fingerprint density at radius 2 is 2.20 bits per heavy atom. The summed E-state index contributed by atoms with van der Waals surface area (Å²) in [6.07, 6.45) is 2.88. The SMILES string of the molecule is CCC(N)C(CC(=O)OC)c1ccc2ncccc2c1. The molecule has 2 aromatic rings. The number of hydrogen-bond donors (Lipinski definition) is 1. The predicted octanol–water partition coefficient (Wildman–Crippen LogP) is 2.62. The number of hydrogen-bond acceptors (Lipinski definition) is 4. The molecule has 1 heterocycles. The normalized spacial score (nSPS) is 13.9. The fourth-order valence-electron chi connectivity index (χ4n) is 2.39. The quantitative estimate of drug-likeness (QED) is 0.850. The molecule has 1 aromatic heterocycles. The predicted molar refractivity (Wildman–Crippen MR) is 79.4 cm³/mol. The summed E-state index contributed by atoms with van der Waals surface area (Å²) in [5, 5.41) is 1.06. The van der Waals surface area contributed by atoms with Crippen molar-refractivity contribution in [2.24, 2.45) is 5.73 Å². The molecule has 2 unspecified atom stereocenters. The van der Waals surface area contributed by atoms with E-state index in [0.717, 1.165) is 22.9 Å². The van der Waals surface area contributed by atoms with Crippen molar-refractivity contribution in [1.82, 2.24) is 4.98 Å². The van der Waals surface area contributed by atoms with Gasteiger partial charge in [-0.05, 0) is 30.2 Å². The van der Waals surface area contributed by atoms with Crippen LogP contribution < -0.4 is 5.73 Å². The zero-order valence-electron chi connectivity index (χ0n) is 11.9. The summed E-state index contributed by atoms with van der Waals surface area (Å²) in [5.74, 6) is -0.262. The van der Waals surface area contributed by atoms with Gasteiger partial charge >= 0.3 is 5.97 Å². The molecule has 0 saturated heterocycles. The summed E-state index contributed by atoms with van der Waals surface area (Å²) < 4.78 is 4.78. The molecule has 4 heteroatoms. The third-order valence-corrected chi connectivity index (χ3v) is 3.66. The number of fused-ring (bicyclic) bond motifs is 1. The lowest BCUT2D eigenvalue weighted by atomic mass is 9.87. The Hall–Kier alpha value is -1.94. The summed E-state index contributed by atoms with van der Waals surface area (Å²) >= 11 is 0. The van der Waals surface area contributed by atoms with Crippen LogP contribution in [-0.4, -0.2) is 24.1 Å². The minimum atomic E-state index is -0.231. The highest BCUT2D eigenvalue weighted by molar-refractivity contribution is 5.79. The van der Waals surface area contributed by atoms with E-state index in [0.29, 0.717) is 6.42 Å². The number of nitrogens with zero attached hydrogens (tertiary/aromatic N) is 1. The van der Waals surface area contributed by atoms with Crippen LogP contribution >= 0.6 is 0 Å². The van der Waals surface area contributed by atoms with Gasteiger partial charge in [0.15, 0.2) is 0 Å². The standard InChI is InChI=1S/C16H20N2O2/c1-3-14(17)13(10-16(19)20-2)11-6-7-15-12(9-11)5-4-8-18-15/h4-9,13-14H,3,10,17H2,1-2H3. The summed E-state index contributed by atoms with van der Waals surface area (Å²) in [6.45, 7) is 2.03. The Balaban J connectivity index is 2.36. The number of esters is 1. The van der Waals surface area contributed by atoms with Crippen LogP contribution in [0.4, 0.5) is 0 Å². The molecule has 0 radical (unpaired) electrons. The van der Waals surface area contributed by atoms with E-state index >= 15 is 0 Å². The van der Waals surface area contributed by atoms with Crippen molar-refractivity contribution in [2.75, 3.05) is 7.11 Å². The number of benzene rings is 1. The first-order valence-corrected chi connectivity index (χ1v) is 6.82. The molecule has 1 aromatic carbocycles. The van der Waals surface area contributed by atoms with Crippen molar-refractivity contribution in [3.05, 3.63) is 42.1 Å². The maximum Gasteiger partial charge on any atom is 0.306 e. The molecular formula is C16H20N2O2. The molecule has 0 aliphatic carbocycles.